The molecule has 1 aromatic carbocycles. The molecule has 104 valence electrons. The Bertz CT molecular complexity index is 671. The lowest BCUT2D eigenvalue weighted by atomic mass is 10.2. The maximum absolute atomic E-state index is 13.3. The number of methoxy groups -OCH3 is 1. The lowest BCUT2D eigenvalue weighted by Crippen LogP contribution is -1.99. The number of carbonyl (C=O) groups is 1. The van der Waals surface area contributed by atoms with Gasteiger partial charge in [0.25, 0.3) is 0 Å². The molecule has 4 heteroatoms. The minimum absolute atomic E-state index is 0.276. The summed E-state index contributed by atoms with van der Waals surface area (Å²) in [6.07, 6.45) is 3.07. The Morgan fingerprint density at radius 2 is 2.05 bits per heavy atom. The van der Waals surface area contributed by atoms with Crippen molar-refractivity contribution in [1.29, 1.82) is 0 Å². The van der Waals surface area contributed by atoms with Gasteiger partial charge in [0.05, 0.1) is 7.11 Å². The molecular weight excluding hydrogens is 257 g/mol. The van der Waals surface area contributed by atoms with Gasteiger partial charge in [0.15, 0.2) is 0 Å². The van der Waals surface area contributed by atoms with Crippen LogP contribution in [0.3, 0.4) is 0 Å². The van der Waals surface area contributed by atoms with Crippen molar-refractivity contribution in [1.82, 2.24) is 4.57 Å². The molecule has 1 heterocycles. The Hall–Kier alpha value is -2.36. The molecule has 0 atom stereocenters. The Morgan fingerprint density at radius 3 is 2.70 bits per heavy atom. The Kier molecular flexibility index (Phi) is 4.03. The summed E-state index contributed by atoms with van der Waals surface area (Å²) in [7, 11) is 1.34. The van der Waals surface area contributed by atoms with Crippen molar-refractivity contribution in [3.05, 3.63) is 59.2 Å². The zero-order chi connectivity index (χ0) is 14.7. The fourth-order valence-electron chi connectivity index (χ4n) is 2.19. The van der Waals surface area contributed by atoms with Gasteiger partial charge in [0.2, 0.25) is 0 Å². The van der Waals surface area contributed by atoms with Gasteiger partial charge < -0.3 is 9.30 Å². The molecule has 0 aliphatic heterocycles. The van der Waals surface area contributed by atoms with Crippen molar-refractivity contribution < 1.29 is 13.9 Å². The van der Waals surface area contributed by atoms with Gasteiger partial charge in [-0.15, -0.1) is 0 Å². The number of ether oxygens (including phenoxy) is 1. The SMILES string of the molecule is COC(=O)C=Cc1cc(C)n(-c2cccc(F)c2)c1C. The van der Waals surface area contributed by atoms with Gasteiger partial charge in [-0.1, -0.05) is 6.07 Å². The van der Waals surface area contributed by atoms with E-state index in [9.17, 15) is 9.18 Å². The average molecular weight is 273 g/mol. The molecule has 0 spiro atoms. The van der Waals surface area contributed by atoms with Crippen molar-refractivity contribution in [2.45, 2.75) is 13.8 Å². The molecule has 0 unspecified atom stereocenters. The first-order valence-corrected chi connectivity index (χ1v) is 6.24. The van der Waals surface area contributed by atoms with Crippen LogP contribution in [-0.2, 0) is 9.53 Å². The van der Waals surface area contributed by atoms with Gasteiger partial charge >= 0.3 is 5.97 Å². The van der Waals surface area contributed by atoms with Gasteiger partial charge in [-0.05, 0) is 49.8 Å². The largest absolute Gasteiger partial charge is 0.466 e. The molecule has 0 saturated carbocycles. The predicted octanol–water partition coefficient (Wildman–Crippen LogP) is 3.42. The molecule has 0 radical (unpaired) electrons. The summed E-state index contributed by atoms with van der Waals surface area (Å²) in [6, 6.07) is 8.35. The normalized spacial score (nSPS) is 11.0. The number of benzene rings is 1. The minimum Gasteiger partial charge on any atom is -0.466 e. The van der Waals surface area contributed by atoms with E-state index in [1.54, 1.807) is 12.1 Å². The quantitative estimate of drug-likeness (QED) is 0.634. The van der Waals surface area contributed by atoms with Crippen LogP contribution in [0.4, 0.5) is 4.39 Å². The average Bonchev–Trinajstić information content (AvgIpc) is 2.70. The van der Waals surface area contributed by atoms with E-state index in [-0.39, 0.29) is 5.82 Å². The summed E-state index contributed by atoms with van der Waals surface area (Å²) in [5, 5.41) is 0. The summed E-state index contributed by atoms with van der Waals surface area (Å²) in [4.78, 5) is 11.1. The number of esters is 1. The second-order valence-corrected chi connectivity index (χ2v) is 4.50. The molecule has 0 bridgehead atoms. The van der Waals surface area contributed by atoms with E-state index in [0.29, 0.717) is 0 Å². The fourth-order valence-corrected chi connectivity index (χ4v) is 2.19. The van der Waals surface area contributed by atoms with E-state index >= 15 is 0 Å². The number of nitrogens with zero attached hydrogens (tertiary/aromatic N) is 1. The number of hydrogen-bond acceptors (Lipinski definition) is 2. The molecule has 0 N–H and O–H groups in total. The molecule has 0 aliphatic rings. The second kappa shape index (κ2) is 5.74. The number of carbonyl (C=O) groups excluding carboxylic acids is 1. The van der Waals surface area contributed by atoms with Crippen LogP contribution in [-0.4, -0.2) is 17.6 Å². The van der Waals surface area contributed by atoms with Crippen LogP contribution in [0.15, 0.2) is 36.4 Å². The highest BCUT2D eigenvalue weighted by Gasteiger charge is 2.09. The molecule has 0 saturated heterocycles. The molecule has 2 aromatic rings. The third-order valence-corrected chi connectivity index (χ3v) is 3.14. The van der Waals surface area contributed by atoms with Gasteiger partial charge in [-0.25, -0.2) is 9.18 Å². The van der Waals surface area contributed by atoms with E-state index in [1.807, 2.05) is 30.5 Å². The van der Waals surface area contributed by atoms with Crippen LogP contribution in [0.5, 0.6) is 0 Å². The standard InChI is InChI=1S/C16H16FNO2/c1-11-9-13(7-8-16(19)20-3)12(2)18(11)15-6-4-5-14(17)10-15/h4-10H,1-3H3. The third kappa shape index (κ3) is 2.79. The first-order valence-electron chi connectivity index (χ1n) is 6.24. The van der Waals surface area contributed by atoms with E-state index in [4.69, 9.17) is 0 Å². The first-order chi connectivity index (χ1) is 9.52. The molecule has 1 aromatic heterocycles. The van der Waals surface area contributed by atoms with Crippen LogP contribution >= 0.6 is 0 Å². The van der Waals surface area contributed by atoms with E-state index in [2.05, 4.69) is 4.74 Å². The van der Waals surface area contributed by atoms with Gasteiger partial charge in [0.1, 0.15) is 5.82 Å². The number of hydrogen-bond donors (Lipinski definition) is 0. The lowest BCUT2D eigenvalue weighted by molar-refractivity contribution is -0.134. The van der Waals surface area contributed by atoms with Gasteiger partial charge in [-0.3, -0.25) is 0 Å². The first kappa shape index (κ1) is 14.1. The van der Waals surface area contributed by atoms with Crippen molar-refractivity contribution >= 4 is 12.0 Å². The smallest absolute Gasteiger partial charge is 0.330 e. The third-order valence-electron chi connectivity index (χ3n) is 3.14. The Balaban J connectivity index is 2.44. The Labute approximate surface area is 117 Å². The van der Waals surface area contributed by atoms with Crippen molar-refractivity contribution in [2.75, 3.05) is 7.11 Å². The number of aryl methyl sites for hydroxylation is 1. The zero-order valence-corrected chi connectivity index (χ0v) is 11.7. The highest BCUT2D eigenvalue weighted by atomic mass is 19.1. The molecule has 3 nitrogen and oxygen atoms in total. The highest BCUT2D eigenvalue weighted by molar-refractivity contribution is 5.87. The highest BCUT2D eigenvalue weighted by Crippen LogP contribution is 2.22. The second-order valence-electron chi connectivity index (χ2n) is 4.50. The minimum atomic E-state index is -0.402. The summed E-state index contributed by atoms with van der Waals surface area (Å²) in [6.45, 7) is 3.86. The predicted molar refractivity (Wildman–Crippen MR) is 76.3 cm³/mol. The van der Waals surface area contributed by atoms with Crippen LogP contribution < -0.4 is 0 Å². The summed E-state index contributed by atoms with van der Waals surface area (Å²) >= 11 is 0. The van der Waals surface area contributed by atoms with E-state index in [1.165, 1.54) is 25.3 Å². The topological polar surface area (TPSA) is 31.2 Å². The lowest BCUT2D eigenvalue weighted by Gasteiger charge is -2.09. The monoisotopic (exact) mass is 273 g/mol. The molecule has 0 aliphatic carbocycles. The number of aromatic nitrogens is 1. The fraction of sp³-hybridized carbons (Fsp3) is 0.188. The van der Waals surface area contributed by atoms with Crippen LogP contribution in [0.25, 0.3) is 11.8 Å². The number of halogens is 1. The molecule has 2 rings (SSSR count). The van der Waals surface area contributed by atoms with Crippen LogP contribution in [0, 0.1) is 19.7 Å². The molecule has 20 heavy (non-hydrogen) atoms. The maximum atomic E-state index is 13.3. The summed E-state index contributed by atoms with van der Waals surface area (Å²) in [5.41, 5.74) is 3.57. The van der Waals surface area contributed by atoms with Crippen molar-refractivity contribution in [3.8, 4) is 5.69 Å². The van der Waals surface area contributed by atoms with Gasteiger partial charge in [0, 0.05) is 23.2 Å². The van der Waals surface area contributed by atoms with E-state index in [0.717, 1.165) is 22.6 Å². The summed E-state index contributed by atoms with van der Waals surface area (Å²) < 4.78 is 19.8. The van der Waals surface area contributed by atoms with Crippen LogP contribution in [0.1, 0.15) is 17.0 Å². The van der Waals surface area contributed by atoms with Crippen molar-refractivity contribution in [3.63, 3.8) is 0 Å². The molecule has 0 fully saturated rings. The number of rotatable bonds is 3. The molecule has 0 amide bonds. The molecular formula is C16H16FNO2. The maximum Gasteiger partial charge on any atom is 0.330 e. The van der Waals surface area contributed by atoms with Gasteiger partial charge in [-0.2, -0.15) is 0 Å². The zero-order valence-electron chi connectivity index (χ0n) is 11.7. The Morgan fingerprint density at radius 1 is 1.30 bits per heavy atom. The van der Waals surface area contributed by atoms with Crippen molar-refractivity contribution in [2.24, 2.45) is 0 Å². The van der Waals surface area contributed by atoms with E-state index < -0.39 is 5.97 Å². The van der Waals surface area contributed by atoms with Crippen LogP contribution in [0.2, 0.25) is 0 Å². The summed E-state index contributed by atoms with van der Waals surface area (Å²) in [5.74, 6) is -0.679.